The number of carbonyl (C=O) groups excluding carboxylic acids is 2. The summed E-state index contributed by atoms with van der Waals surface area (Å²) in [5, 5.41) is 4.37. The molecule has 8 rings (SSSR count). The first-order valence-corrected chi connectivity index (χ1v) is 24.9. The Kier molecular flexibility index (Phi) is 12.9. The number of nitrogens with zero attached hydrogens (tertiary/aromatic N) is 5. The van der Waals surface area contributed by atoms with E-state index in [1.807, 2.05) is 13.8 Å². The third kappa shape index (κ3) is 9.05. The van der Waals surface area contributed by atoms with Crippen molar-refractivity contribution in [1.82, 2.24) is 19.7 Å². The molecule has 3 unspecified atom stereocenters. The number of aryl methyl sites for hydroxylation is 1. The highest BCUT2D eigenvalue weighted by Gasteiger charge is 2.36. The number of piperazine rings is 2. The van der Waals surface area contributed by atoms with E-state index in [0.717, 1.165) is 34.1 Å². The Morgan fingerprint density at radius 1 is 0.783 bits per heavy atom. The van der Waals surface area contributed by atoms with Crippen molar-refractivity contribution in [2.75, 3.05) is 61.0 Å². The van der Waals surface area contributed by atoms with Crippen molar-refractivity contribution in [2.24, 2.45) is 0 Å². The van der Waals surface area contributed by atoms with E-state index >= 15 is 0 Å². The molecular formula is C43H49FN6O6S4. The van der Waals surface area contributed by atoms with Crippen molar-refractivity contribution in [1.29, 1.82) is 0 Å². The first-order chi connectivity index (χ1) is 28.6. The molecule has 4 heterocycles. The van der Waals surface area contributed by atoms with Gasteiger partial charge in [0, 0.05) is 61.9 Å². The Morgan fingerprint density at radius 2 is 1.43 bits per heavy atom. The number of carbonyl (C=O) groups is 2. The topological polar surface area (TPSA) is 140 Å². The smallest absolute Gasteiger partial charge is 0.255 e. The van der Waals surface area contributed by atoms with Gasteiger partial charge in [0.05, 0.1) is 42.6 Å². The SMILES string of the molecule is CCS(=O)(=O)c1ccccc1C(=O)N1CCN(C2Nc3ccc(C)cc3S2)CC1C.CCS(=O)(=O)c1ccccc1C(=O)N1CCN(c2nc3ccc(F)cc3s2)C(C)C1. The van der Waals surface area contributed by atoms with Gasteiger partial charge in [-0.1, -0.05) is 67.3 Å². The molecule has 318 valence electrons. The van der Waals surface area contributed by atoms with E-state index in [4.69, 9.17) is 0 Å². The van der Waals surface area contributed by atoms with Crippen LogP contribution in [0.3, 0.4) is 0 Å². The predicted molar refractivity (Wildman–Crippen MR) is 237 cm³/mol. The molecule has 4 aromatic carbocycles. The van der Waals surface area contributed by atoms with Crippen LogP contribution >= 0.6 is 23.1 Å². The molecule has 17 heteroatoms. The van der Waals surface area contributed by atoms with E-state index in [1.165, 1.54) is 46.1 Å². The van der Waals surface area contributed by atoms with Crippen molar-refractivity contribution in [2.45, 2.75) is 66.9 Å². The van der Waals surface area contributed by atoms with Gasteiger partial charge in [0.15, 0.2) is 24.8 Å². The molecule has 0 bridgehead atoms. The van der Waals surface area contributed by atoms with Crippen LogP contribution in [0.15, 0.2) is 99.6 Å². The summed E-state index contributed by atoms with van der Waals surface area (Å²) in [6.45, 7) is 12.8. The summed E-state index contributed by atoms with van der Waals surface area (Å²) < 4.78 is 64.0. The van der Waals surface area contributed by atoms with Gasteiger partial charge >= 0.3 is 0 Å². The Bertz CT molecular complexity index is 2640. The molecule has 2 fully saturated rings. The molecule has 60 heavy (non-hydrogen) atoms. The van der Waals surface area contributed by atoms with Crippen LogP contribution in [-0.4, -0.2) is 117 Å². The third-order valence-corrected chi connectivity index (χ3v) is 16.9. The van der Waals surface area contributed by atoms with Gasteiger partial charge in [-0.25, -0.2) is 26.2 Å². The van der Waals surface area contributed by atoms with Crippen LogP contribution in [0.4, 0.5) is 15.2 Å². The fourth-order valence-electron chi connectivity index (χ4n) is 7.70. The van der Waals surface area contributed by atoms with Crippen LogP contribution in [-0.2, 0) is 19.7 Å². The molecule has 0 saturated carbocycles. The fraction of sp³-hybridized carbons (Fsp3) is 0.372. The number of thioether (sulfide) groups is 1. The van der Waals surface area contributed by atoms with Gasteiger partial charge in [-0.05, 0) is 80.9 Å². The summed E-state index contributed by atoms with van der Waals surface area (Å²) in [4.78, 5) is 40.4. The predicted octanol–water partition coefficient (Wildman–Crippen LogP) is 7.02. The molecule has 3 atom stereocenters. The number of hydrogen-bond acceptors (Lipinski definition) is 12. The number of amides is 2. The third-order valence-electron chi connectivity index (χ3n) is 11.1. The average molecular weight is 893 g/mol. The van der Waals surface area contributed by atoms with E-state index < -0.39 is 19.7 Å². The van der Waals surface area contributed by atoms with Crippen molar-refractivity contribution in [3.63, 3.8) is 0 Å². The van der Waals surface area contributed by atoms with Crippen molar-refractivity contribution < 1.29 is 30.8 Å². The zero-order valence-electron chi connectivity index (χ0n) is 34.2. The fourth-order valence-corrected chi connectivity index (χ4v) is 12.3. The number of hydrogen-bond donors (Lipinski definition) is 1. The molecule has 0 spiro atoms. The maximum absolute atomic E-state index is 13.5. The van der Waals surface area contributed by atoms with Crippen LogP contribution in [0.2, 0.25) is 0 Å². The second-order valence-corrected chi connectivity index (χ2v) is 21.8. The minimum absolute atomic E-state index is 0.0111. The molecule has 5 aromatic rings. The van der Waals surface area contributed by atoms with Crippen molar-refractivity contribution >= 4 is 75.6 Å². The number of rotatable bonds is 8. The van der Waals surface area contributed by atoms with Crippen molar-refractivity contribution in [3.05, 3.63) is 107 Å². The van der Waals surface area contributed by atoms with Gasteiger partial charge in [-0.3, -0.25) is 14.5 Å². The van der Waals surface area contributed by atoms with Crippen molar-refractivity contribution in [3.8, 4) is 0 Å². The largest absolute Gasteiger partial charge is 0.360 e. The first-order valence-electron chi connectivity index (χ1n) is 19.9. The number of halogens is 1. The summed E-state index contributed by atoms with van der Waals surface area (Å²) in [5.41, 5.74) is 3.79. The quantitative estimate of drug-likeness (QED) is 0.172. The Labute approximate surface area is 359 Å². The zero-order chi connectivity index (χ0) is 42.9. The lowest BCUT2D eigenvalue weighted by atomic mass is 10.1. The molecule has 0 aliphatic carbocycles. The average Bonchev–Trinajstić information content (AvgIpc) is 3.87. The number of sulfone groups is 2. The standard InChI is InChI=1S/C22H27N3O3S2.C21H22FN3O3S2/c1-4-30(27,28)20-8-6-5-7-17(20)21(26)25-12-11-24(14-16(25)3)22-23-18-10-9-15(2)13-19(18)29-22;1-3-30(27,28)19-7-5-4-6-16(19)20(26)24-10-11-25(14(2)13-24)21-23-17-9-8-15(22)12-18(17)29-21/h5-10,13,16,22-23H,4,11-12,14H2,1-3H3;4-9,12,14H,3,10-11,13H2,1-2H3. The van der Waals surface area contributed by atoms with E-state index in [9.17, 15) is 30.8 Å². The summed E-state index contributed by atoms with van der Waals surface area (Å²) in [6.07, 6.45) is 0. The molecule has 0 radical (unpaired) electrons. The van der Waals surface area contributed by atoms with Crippen LogP contribution in [0.5, 0.6) is 0 Å². The summed E-state index contributed by atoms with van der Waals surface area (Å²) in [6, 6.07) is 23.9. The molecule has 3 aliphatic rings. The zero-order valence-corrected chi connectivity index (χ0v) is 37.4. The van der Waals surface area contributed by atoms with Gasteiger partial charge in [0.2, 0.25) is 0 Å². The normalized spacial score (nSPS) is 19.7. The highest BCUT2D eigenvalue weighted by molar-refractivity contribution is 8.00. The van der Waals surface area contributed by atoms with Gasteiger partial charge in [0.1, 0.15) is 11.3 Å². The monoisotopic (exact) mass is 892 g/mol. The second-order valence-electron chi connectivity index (χ2n) is 15.2. The van der Waals surface area contributed by atoms with Crippen LogP contribution in [0, 0.1) is 12.7 Å². The number of benzene rings is 4. The molecule has 2 amide bonds. The lowest BCUT2D eigenvalue weighted by molar-refractivity contribution is 0.0481. The van der Waals surface area contributed by atoms with Gasteiger partial charge in [-0.15, -0.1) is 0 Å². The van der Waals surface area contributed by atoms with E-state index in [1.54, 1.807) is 77.9 Å². The molecular weight excluding hydrogens is 844 g/mol. The van der Waals surface area contributed by atoms with E-state index in [2.05, 4.69) is 45.2 Å². The van der Waals surface area contributed by atoms with Gasteiger partial charge in [-0.2, -0.15) is 0 Å². The molecule has 1 aromatic heterocycles. The van der Waals surface area contributed by atoms with Crippen LogP contribution < -0.4 is 10.2 Å². The van der Waals surface area contributed by atoms with Gasteiger partial charge in [0.25, 0.3) is 11.8 Å². The highest BCUT2D eigenvalue weighted by atomic mass is 32.2. The number of nitrogens with one attached hydrogen (secondary N) is 1. The molecule has 3 aliphatic heterocycles. The highest BCUT2D eigenvalue weighted by Crippen LogP contribution is 2.41. The number of fused-ring (bicyclic) bond motifs is 2. The maximum Gasteiger partial charge on any atom is 0.255 e. The molecule has 2 saturated heterocycles. The van der Waals surface area contributed by atoms with Crippen LogP contribution in [0.1, 0.15) is 54.0 Å². The van der Waals surface area contributed by atoms with Crippen LogP contribution in [0.25, 0.3) is 10.2 Å². The Morgan fingerprint density at radius 3 is 2.07 bits per heavy atom. The van der Waals surface area contributed by atoms with E-state index in [-0.39, 0.29) is 67.6 Å². The minimum Gasteiger partial charge on any atom is -0.360 e. The lowest BCUT2D eigenvalue weighted by Crippen LogP contribution is -2.56. The second kappa shape index (κ2) is 17.8. The summed E-state index contributed by atoms with van der Waals surface area (Å²) in [7, 11) is -6.95. The summed E-state index contributed by atoms with van der Waals surface area (Å²) in [5.74, 6) is -0.853. The first kappa shape index (κ1) is 43.5. The number of anilines is 2. The molecule has 12 nitrogen and oxygen atoms in total. The maximum atomic E-state index is 13.5. The molecule has 1 N–H and O–H groups in total. The summed E-state index contributed by atoms with van der Waals surface area (Å²) >= 11 is 3.23. The Hall–Kier alpha value is -4.55. The Balaban J connectivity index is 0.000000181. The minimum atomic E-state index is -3.50. The van der Waals surface area contributed by atoms with E-state index in [0.29, 0.717) is 26.2 Å². The van der Waals surface area contributed by atoms with Gasteiger partial charge < -0.3 is 20.0 Å². The lowest BCUT2D eigenvalue weighted by Gasteiger charge is -2.42. The number of thiazole rings is 1. The number of aromatic nitrogens is 1.